The Bertz CT molecular complexity index is 373. The topological polar surface area (TPSA) is 66.6 Å². The van der Waals surface area contributed by atoms with Gasteiger partial charge in [-0.05, 0) is 31.6 Å². The van der Waals surface area contributed by atoms with Gasteiger partial charge in [-0.3, -0.25) is 9.59 Å². The Hall–Kier alpha value is -1.10. The molecule has 0 radical (unpaired) electrons. The predicted molar refractivity (Wildman–Crippen MR) is 82.6 cm³/mol. The van der Waals surface area contributed by atoms with Crippen LogP contribution in [0.1, 0.15) is 51.9 Å². The van der Waals surface area contributed by atoms with Gasteiger partial charge in [-0.25, -0.2) is 0 Å². The molecule has 0 aromatic rings. The summed E-state index contributed by atoms with van der Waals surface area (Å²) < 4.78 is 0. The van der Waals surface area contributed by atoms with Crippen molar-refractivity contribution in [3.8, 4) is 0 Å². The van der Waals surface area contributed by atoms with Crippen molar-refractivity contribution in [2.24, 2.45) is 11.7 Å². The van der Waals surface area contributed by atoms with Gasteiger partial charge in [0.15, 0.2) is 0 Å². The van der Waals surface area contributed by atoms with E-state index in [2.05, 4.69) is 0 Å². The summed E-state index contributed by atoms with van der Waals surface area (Å²) in [6.45, 7) is 4.52. The van der Waals surface area contributed by atoms with Crippen LogP contribution in [0, 0.1) is 5.92 Å². The van der Waals surface area contributed by atoms with E-state index in [4.69, 9.17) is 5.73 Å². The van der Waals surface area contributed by atoms with Crippen molar-refractivity contribution in [2.45, 2.75) is 57.9 Å². The van der Waals surface area contributed by atoms with Gasteiger partial charge in [0.2, 0.25) is 11.8 Å². The van der Waals surface area contributed by atoms with Crippen LogP contribution in [0.25, 0.3) is 0 Å². The predicted octanol–water partition coefficient (Wildman–Crippen LogP) is 1.36. The van der Waals surface area contributed by atoms with Gasteiger partial charge in [0.25, 0.3) is 0 Å². The largest absolute Gasteiger partial charge is 0.341 e. The Morgan fingerprint density at radius 1 is 1.05 bits per heavy atom. The highest BCUT2D eigenvalue weighted by molar-refractivity contribution is 5.76. The molecule has 2 unspecified atom stereocenters. The molecule has 2 amide bonds. The summed E-state index contributed by atoms with van der Waals surface area (Å²) >= 11 is 0. The summed E-state index contributed by atoms with van der Waals surface area (Å²) in [4.78, 5) is 27.5. The minimum atomic E-state index is 0.112. The number of rotatable bonds is 3. The lowest BCUT2D eigenvalue weighted by Gasteiger charge is -2.27. The van der Waals surface area contributed by atoms with Gasteiger partial charge in [-0.15, -0.1) is 0 Å². The minimum Gasteiger partial charge on any atom is -0.341 e. The van der Waals surface area contributed by atoms with Crippen LogP contribution >= 0.6 is 0 Å². The van der Waals surface area contributed by atoms with Crippen LogP contribution in [0.5, 0.6) is 0 Å². The summed E-state index contributed by atoms with van der Waals surface area (Å²) in [7, 11) is 0. The standard InChI is InChI=1S/C16H29N3O2/c1-13(20)18-8-3-9-19(11-10-18)16(21)7-6-14-4-2-5-15(17)12-14/h14-15H,2-12,17H2,1H3. The molecule has 1 saturated heterocycles. The van der Waals surface area contributed by atoms with Crippen molar-refractivity contribution in [1.29, 1.82) is 0 Å². The number of hydrogen-bond donors (Lipinski definition) is 1. The van der Waals surface area contributed by atoms with Crippen molar-refractivity contribution in [3.63, 3.8) is 0 Å². The zero-order valence-electron chi connectivity index (χ0n) is 13.2. The van der Waals surface area contributed by atoms with Crippen molar-refractivity contribution < 1.29 is 9.59 Å². The van der Waals surface area contributed by atoms with E-state index < -0.39 is 0 Å². The average Bonchev–Trinajstić information content (AvgIpc) is 2.71. The summed E-state index contributed by atoms with van der Waals surface area (Å²) in [6.07, 6.45) is 7.13. The zero-order chi connectivity index (χ0) is 15.2. The average molecular weight is 295 g/mol. The molecule has 21 heavy (non-hydrogen) atoms. The second-order valence-corrected chi connectivity index (χ2v) is 6.57. The van der Waals surface area contributed by atoms with Crippen LogP contribution in [0.2, 0.25) is 0 Å². The maximum atomic E-state index is 12.3. The van der Waals surface area contributed by atoms with E-state index in [1.165, 1.54) is 12.8 Å². The van der Waals surface area contributed by atoms with Crippen LogP contribution in [0.15, 0.2) is 0 Å². The van der Waals surface area contributed by atoms with Crippen LogP contribution in [-0.4, -0.2) is 53.8 Å². The summed E-state index contributed by atoms with van der Waals surface area (Å²) in [5.41, 5.74) is 6.01. The lowest BCUT2D eigenvalue weighted by molar-refractivity contribution is -0.132. The van der Waals surface area contributed by atoms with Crippen molar-refractivity contribution in [3.05, 3.63) is 0 Å². The van der Waals surface area contributed by atoms with Crippen molar-refractivity contribution in [1.82, 2.24) is 9.80 Å². The second kappa shape index (κ2) is 7.78. The van der Waals surface area contributed by atoms with Crippen LogP contribution in [0.3, 0.4) is 0 Å². The molecule has 1 saturated carbocycles. The first-order chi connectivity index (χ1) is 10.1. The Kier molecular flexibility index (Phi) is 6.03. The number of carbonyl (C=O) groups excluding carboxylic acids is 2. The molecule has 2 N–H and O–H groups in total. The van der Waals surface area contributed by atoms with E-state index in [0.29, 0.717) is 31.5 Å². The normalized spacial score (nSPS) is 27.3. The number of hydrogen-bond acceptors (Lipinski definition) is 3. The quantitative estimate of drug-likeness (QED) is 0.855. The molecule has 2 rings (SSSR count). The molecular formula is C16H29N3O2. The molecule has 1 aliphatic heterocycles. The first-order valence-corrected chi connectivity index (χ1v) is 8.35. The first kappa shape index (κ1) is 16.3. The van der Waals surface area contributed by atoms with Gasteiger partial charge in [0, 0.05) is 45.6 Å². The Morgan fingerprint density at radius 3 is 2.48 bits per heavy atom. The van der Waals surface area contributed by atoms with Gasteiger partial charge in [-0.2, -0.15) is 0 Å². The molecule has 0 aromatic heterocycles. The summed E-state index contributed by atoms with van der Waals surface area (Å²) in [5.74, 6) is 0.985. The van der Waals surface area contributed by atoms with Gasteiger partial charge in [0.1, 0.15) is 0 Å². The first-order valence-electron chi connectivity index (χ1n) is 8.35. The fourth-order valence-electron chi connectivity index (χ4n) is 3.56. The molecule has 5 heteroatoms. The monoisotopic (exact) mass is 295 g/mol. The lowest BCUT2D eigenvalue weighted by Crippen LogP contribution is -2.36. The fourth-order valence-corrected chi connectivity index (χ4v) is 3.56. The minimum absolute atomic E-state index is 0.112. The zero-order valence-corrected chi connectivity index (χ0v) is 13.2. The molecule has 120 valence electrons. The van der Waals surface area contributed by atoms with Gasteiger partial charge in [-0.1, -0.05) is 12.8 Å². The number of amides is 2. The third-order valence-electron chi connectivity index (χ3n) is 4.88. The van der Waals surface area contributed by atoms with E-state index in [-0.39, 0.29) is 11.8 Å². The molecule has 0 bridgehead atoms. The summed E-state index contributed by atoms with van der Waals surface area (Å²) in [5, 5.41) is 0. The van der Waals surface area contributed by atoms with Crippen molar-refractivity contribution >= 4 is 11.8 Å². The third-order valence-corrected chi connectivity index (χ3v) is 4.88. The van der Waals surface area contributed by atoms with Gasteiger partial charge in [0.05, 0.1) is 0 Å². The van der Waals surface area contributed by atoms with E-state index in [9.17, 15) is 9.59 Å². The SMILES string of the molecule is CC(=O)N1CCCN(C(=O)CCC2CCCC(N)C2)CC1. The molecule has 0 spiro atoms. The highest BCUT2D eigenvalue weighted by atomic mass is 16.2. The maximum Gasteiger partial charge on any atom is 0.222 e. The van der Waals surface area contributed by atoms with E-state index in [0.717, 1.165) is 38.8 Å². The molecule has 0 aromatic carbocycles. The smallest absolute Gasteiger partial charge is 0.222 e. The van der Waals surface area contributed by atoms with Crippen molar-refractivity contribution in [2.75, 3.05) is 26.2 Å². The van der Waals surface area contributed by atoms with Crippen LogP contribution in [-0.2, 0) is 9.59 Å². The highest BCUT2D eigenvalue weighted by Crippen LogP contribution is 2.27. The fraction of sp³-hybridized carbons (Fsp3) is 0.875. The molecule has 2 atom stereocenters. The number of nitrogens with zero attached hydrogens (tertiary/aromatic N) is 2. The van der Waals surface area contributed by atoms with E-state index in [1.807, 2.05) is 9.80 Å². The van der Waals surface area contributed by atoms with E-state index >= 15 is 0 Å². The lowest BCUT2D eigenvalue weighted by atomic mass is 9.83. The molecule has 1 aliphatic carbocycles. The Morgan fingerprint density at radius 2 is 1.76 bits per heavy atom. The van der Waals surface area contributed by atoms with Crippen LogP contribution < -0.4 is 5.73 Å². The van der Waals surface area contributed by atoms with Gasteiger partial charge < -0.3 is 15.5 Å². The molecule has 2 fully saturated rings. The molecular weight excluding hydrogens is 266 g/mol. The maximum absolute atomic E-state index is 12.3. The molecule has 5 nitrogen and oxygen atoms in total. The number of carbonyl (C=O) groups is 2. The Labute approximate surface area is 127 Å². The Balaban J connectivity index is 1.74. The van der Waals surface area contributed by atoms with Crippen LogP contribution in [0.4, 0.5) is 0 Å². The number of nitrogens with two attached hydrogens (primary N) is 1. The van der Waals surface area contributed by atoms with E-state index in [1.54, 1.807) is 6.92 Å². The molecule has 2 aliphatic rings. The van der Waals surface area contributed by atoms with Gasteiger partial charge >= 0.3 is 0 Å². The highest BCUT2D eigenvalue weighted by Gasteiger charge is 2.23. The molecule has 1 heterocycles. The summed E-state index contributed by atoms with van der Waals surface area (Å²) in [6, 6.07) is 0.334. The second-order valence-electron chi connectivity index (χ2n) is 6.57. The third kappa shape index (κ3) is 4.99.